The van der Waals surface area contributed by atoms with Gasteiger partial charge in [-0.15, -0.1) is 0 Å². The van der Waals surface area contributed by atoms with Crippen LogP contribution in [0, 0.1) is 5.92 Å². The van der Waals surface area contributed by atoms with Crippen molar-refractivity contribution in [2.24, 2.45) is 11.7 Å². The number of hydrogen-bond acceptors (Lipinski definition) is 3. The zero-order chi connectivity index (χ0) is 14.7. The van der Waals surface area contributed by atoms with E-state index >= 15 is 0 Å². The quantitative estimate of drug-likeness (QED) is 0.901. The van der Waals surface area contributed by atoms with E-state index in [2.05, 4.69) is 28.9 Å². The lowest BCUT2D eigenvalue weighted by atomic mass is 9.91. The van der Waals surface area contributed by atoms with Crippen LogP contribution in [0.3, 0.4) is 0 Å². The van der Waals surface area contributed by atoms with Gasteiger partial charge in [0.15, 0.2) is 0 Å². The minimum Gasteiger partial charge on any atom is -0.326 e. The average molecular weight is 287 g/mol. The molecule has 21 heavy (non-hydrogen) atoms. The molecule has 1 aromatic heterocycles. The van der Waals surface area contributed by atoms with Crippen molar-refractivity contribution in [3.05, 3.63) is 30.1 Å². The van der Waals surface area contributed by atoms with Gasteiger partial charge in [0, 0.05) is 24.5 Å². The highest BCUT2D eigenvalue weighted by atomic mass is 15.2. The molecule has 1 aromatic rings. The first-order valence-corrected chi connectivity index (χ1v) is 8.72. The van der Waals surface area contributed by atoms with E-state index in [4.69, 9.17) is 5.73 Å². The van der Waals surface area contributed by atoms with Gasteiger partial charge in [-0.2, -0.15) is 0 Å². The molecule has 0 aromatic carbocycles. The van der Waals surface area contributed by atoms with E-state index in [0.29, 0.717) is 6.04 Å². The molecule has 0 bridgehead atoms. The van der Waals surface area contributed by atoms with Crippen molar-refractivity contribution >= 4 is 0 Å². The van der Waals surface area contributed by atoms with E-state index in [9.17, 15) is 0 Å². The van der Waals surface area contributed by atoms with Crippen LogP contribution in [0.5, 0.6) is 0 Å². The van der Waals surface area contributed by atoms with E-state index in [-0.39, 0.29) is 6.04 Å². The second-order valence-electron chi connectivity index (χ2n) is 6.79. The molecule has 0 radical (unpaired) electrons. The standard InChI is InChI=1S/C18H29N3/c1-2-16(19)18(15-9-11-20-12-10-15)21-13-5-8-17(21)14-6-3-4-7-14/h9-12,14,16-18H,2-8,13,19H2,1H3. The third kappa shape index (κ3) is 3.14. The monoisotopic (exact) mass is 287 g/mol. The van der Waals surface area contributed by atoms with Crippen LogP contribution in [0.15, 0.2) is 24.5 Å². The number of pyridine rings is 1. The molecule has 2 fully saturated rings. The second-order valence-corrected chi connectivity index (χ2v) is 6.79. The number of rotatable bonds is 5. The van der Waals surface area contributed by atoms with Crippen LogP contribution in [0.25, 0.3) is 0 Å². The highest BCUT2D eigenvalue weighted by Gasteiger charge is 2.38. The summed E-state index contributed by atoms with van der Waals surface area (Å²) in [4.78, 5) is 6.91. The topological polar surface area (TPSA) is 42.1 Å². The molecule has 0 spiro atoms. The molecule has 3 unspecified atom stereocenters. The first kappa shape index (κ1) is 15.0. The Morgan fingerprint density at radius 2 is 1.90 bits per heavy atom. The average Bonchev–Trinajstić information content (AvgIpc) is 3.19. The summed E-state index contributed by atoms with van der Waals surface area (Å²) < 4.78 is 0. The molecular formula is C18H29N3. The summed E-state index contributed by atoms with van der Waals surface area (Å²) in [6, 6.07) is 5.65. The lowest BCUT2D eigenvalue weighted by molar-refractivity contribution is 0.115. The Bertz CT molecular complexity index is 427. The Morgan fingerprint density at radius 3 is 2.57 bits per heavy atom. The normalized spacial score (nSPS) is 27.0. The minimum absolute atomic E-state index is 0.217. The van der Waals surface area contributed by atoms with Crippen LogP contribution in [-0.2, 0) is 0 Å². The Morgan fingerprint density at radius 1 is 1.19 bits per heavy atom. The van der Waals surface area contributed by atoms with Crippen molar-refractivity contribution in [1.29, 1.82) is 0 Å². The van der Waals surface area contributed by atoms with Crippen molar-refractivity contribution in [1.82, 2.24) is 9.88 Å². The molecule has 3 heteroatoms. The number of likely N-dealkylation sites (tertiary alicyclic amines) is 1. The largest absolute Gasteiger partial charge is 0.326 e. The van der Waals surface area contributed by atoms with E-state index in [1.54, 1.807) is 0 Å². The molecule has 1 saturated heterocycles. The molecule has 2 aliphatic rings. The summed E-state index contributed by atoms with van der Waals surface area (Å²) in [6.07, 6.45) is 13.2. The highest BCUT2D eigenvalue weighted by molar-refractivity contribution is 5.18. The number of aromatic nitrogens is 1. The fourth-order valence-electron chi connectivity index (χ4n) is 4.48. The summed E-state index contributed by atoms with van der Waals surface area (Å²) in [5.74, 6) is 0.904. The predicted molar refractivity (Wildman–Crippen MR) is 86.9 cm³/mol. The zero-order valence-corrected chi connectivity index (χ0v) is 13.2. The first-order valence-electron chi connectivity index (χ1n) is 8.72. The van der Waals surface area contributed by atoms with Gasteiger partial charge in [0.2, 0.25) is 0 Å². The molecular weight excluding hydrogens is 258 g/mol. The van der Waals surface area contributed by atoms with Gasteiger partial charge < -0.3 is 5.73 Å². The van der Waals surface area contributed by atoms with Crippen LogP contribution < -0.4 is 5.73 Å². The fourth-order valence-corrected chi connectivity index (χ4v) is 4.48. The SMILES string of the molecule is CCC(N)C(c1ccncc1)N1CCCC1C1CCCC1. The van der Waals surface area contributed by atoms with Crippen molar-refractivity contribution in [2.45, 2.75) is 70.0 Å². The Labute approximate surface area is 128 Å². The molecule has 1 aliphatic carbocycles. The summed E-state index contributed by atoms with van der Waals surface area (Å²) in [5.41, 5.74) is 7.88. The number of nitrogens with two attached hydrogens (primary N) is 1. The van der Waals surface area contributed by atoms with Crippen LogP contribution in [0.1, 0.15) is 63.5 Å². The third-order valence-corrected chi connectivity index (χ3v) is 5.57. The number of nitrogens with zero attached hydrogens (tertiary/aromatic N) is 2. The number of hydrogen-bond donors (Lipinski definition) is 1. The van der Waals surface area contributed by atoms with Gasteiger partial charge in [0.1, 0.15) is 0 Å². The van der Waals surface area contributed by atoms with E-state index in [1.807, 2.05) is 12.4 Å². The fraction of sp³-hybridized carbons (Fsp3) is 0.722. The van der Waals surface area contributed by atoms with Crippen LogP contribution in [-0.4, -0.2) is 28.5 Å². The van der Waals surface area contributed by atoms with Crippen LogP contribution in [0.4, 0.5) is 0 Å². The second kappa shape index (κ2) is 6.89. The summed E-state index contributed by atoms with van der Waals surface area (Å²) in [7, 11) is 0. The maximum Gasteiger partial charge on any atom is 0.0503 e. The molecule has 3 atom stereocenters. The lowest BCUT2D eigenvalue weighted by Gasteiger charge is -2.39. The summed E-state index contributed by atoms with van der Waals surface area (Å²) in [6.45, 7) is 3.42. The predicted octanol–water partition coefficient (Wildman–Crippen LogP) is 3.51. The van der Waals surface area contributed by atoms with E-state index in [1.165, 1.54) is 50.6 Å². The molecule has 2 N–H and O–H groups in total. The molecule has 1 saturated carbocycles. The van der Waals surface area contributed by atoms with Gasteiger partial charge in [-0.25, -0.2) is 0 Å². The Balaban J connectivity index is 1.84. The van der Waals surface area contributed by atoms with Crippen molar-refractivity contribution in [3.63, 3.8) is 0 Å². The lowest BCUT2D eigenvalue weighted by Crippen LogP contribution is -2.45. The minimum atomic E-state index is 0.217. The molecule has 3 rings (SSSR count). The molecule has 3 nitrogen and oxygen atoms in total. The summed E-state index contributed by atoms with van der Waals surface area (Å²) >= 11 is 0. The van der Waals surface area contributed by atoms with Gasteiger partial charge in [-0.1, -0.05) is 19.8 Å². The summed E-state index contributed by atoms with van der Waals surface area (Å²) in [5, 5.41) is 0. The van der Waals surface area contributed by atoms with Gasteiger partial charge in [-0.3, -0.25) is 9.88 Å². The third-order valence-electron chi connectivity index (χ3n) is 5.57. The van der Waals surface area contributed by atoms with Gasteiger partial charge >= 0.3 is 0 Å². The molecule has 116 valence electrons. The maximum absolute atomic E-state index is 6.53. The maximum atomic E-state index is 6.53. The molecule has 1 aliphatic heterocycles. The first-order chi connectivity index (χ1) is 10.3. The smallest absolute Gasteiger partial charge is 0.0503 e. The van der Waals surface area contributed by atoms with Gasteiger partial charge in [0.05, 0.1) is 6.04 Å². The van der Waals surface area contributed by atoms with Crippen LogP contribution in [0.2, 0.25) is 0 Å². The van der Waals surface area contributed by atoms with Crippen molar-refractivity contribution in [2.75, 3.05) is 6.54 Å². The Hall–Kier alpha value is -0.930. The van der Waals surface area contributed by atoms with Crippen molar-refractivity contribution < 1.29 is 0 Å². The zero-order valence-electron chi connectivity index (χ0n) is 13.2. The van der Waals surface area contributed by atoms with Crippen molar-refractivity contribution in [3.8, 4) is 0 Å². The van der Waals surface area contributed by atoms with E-state index < -0.39 is 0 Å². The van der Waals surface area contributed by atoms with Gasteiger partial charge in [-0.05, 0) is 62.3 Å². The van der Waals surface area contributed by atoms with Crippen LogP contribution >= 0.6 is 0 Å². The highest BCUT2D eigenvalue weighted by Crippen LogP contribution is 2.40. The molecule has 2 heterocycles. The Kier molecular flexibility index (Phi) is 4.91. The van der Waals surface area contributed by atoms with E-state index in [0.717, 1.165) is 18.4 Å². The molecule has 0 amide bonds. The van der Waals surface area contributed by atoms with Gasteiger partial charge in [0.25, 0.3) is 0 Å².